The van der Waals surface area contributed by atoms with Crippen molar-refractivity contribution >= 4 is 0 Å². The van der Waals surface area contributed by atoms with Gasteiger partial charge in [0.15, 0.2) is 0 Å². The number of nitrogens with zero attached hydrogens (tertiary/aromatic N) is 1. The van der Waals surface area contributed by atoms with Gasteiger partial charge in [-0.05, 0) is 89.6 Å². The fourth-order valence-electron chi connectivity index (χ4n) is 8.90. The number of allylic oxidation sites excluding steroid dienone is 4. The van der Waals surface area contributed by atoms with Gasteiger partial charge >= 0.3 is 0 Å². The maximum atomic E-state index is 10.8. The van der Waals surface area contributed by atoms with Crippen LogP contribution >= 0.6 is 0 Å². The average molecular weight is 438 g/mol. The molecule has 0 bridgehead atoms. The molecular formula is C30H47NO. The van der Waals surface area contributed by atoms with Crippen LogP contribution in [0.15, 0.2) is 23.3 Å². The van der Waals surface area contributed by atoms with E-state index in [4.69, 9.17) is 0 Å². The molecule has 2 saturated carbocycles. The van der Waals surface area contributed by atoms with Gasteiger partial charge in [0.2, 0.25) is 0 Å². The van der Waals surface area contributed by atoms with Gasteiger partial charge in [-0.1, -0.05) is 79.9 Å². The molecule has 0 radical (unpaired) electrons. The van der Waals surface area contributed by atoms with E-state index in [0.717, 1.165) is 38.0 Å². The number of hydrogen-bond acceptors (Lipinski definition) is 2. The number of hydrogen-bond donors (Lipinski definition) is 1. The first kappa shape index (κ1) is 24.1. The van der Waals surface area contributed by atoms with Gasteiger partial charge in [0.25, 0.3) is 0 Å². The number of fused-ring (bicyclic) bond motifs is 5. The Labute approximate surface area is 197 Å². The molecule has 2 fully saturated rings. The topological polar surface area (TPSA) is 44.0 Å². The Balaban J connectivity index is 1.69. The highest BCUT2D eigenvalue weighted by molar-refractivity contribution is 5.53. The zero-order chi connectivity index (χ0) is 23.5. The van der Waals surface area contributed by atoms with Crippen molar-refractivity contribution in [2.45, 2.75) is 112 Å². The summed E-state index contributed by atoms with van der Waals surface area (Å²) >= 11 is 0. The van der Waals surface area contributed by atoms with Crippen molar-refractivity contribution in [1.29, 1.82) is 5.26 Å². The van der Waals surface area contributed by atoms with Crippen LogP contribution in [0.25, 0.3) is 0 Å². The number of rotatable bonds is 5. The molecule has 4 rings (SSSR count). The number of aliphatic hydroxyl groups is 1. The largest absolute Gasteiger partial charge is 0.393 e. The molecule has 0 aromatic carbocycles. The fraction of sp³-hybridized carbons (Fsp3) is 0.833. The van der Waals surface area contributed by atoms with Gasteiger partial charge in [0, 0.05) is 0 Å². The van der Waals surface area contributed by atoms with E-state index in [9.17, 15) is 10.4 Å². The lowest BCUT2D eigenvalue weighted by Gasteiger charge is -2.60. The lowest BCUT2D eigenvalue weighted by molar-refractivity contribution is -0.0843. The van der Waals surface area contributed by atoms with E-state index in [1.807, 2.05) is 0 Å². The second-order valence-electron chi connectivity index (χ2n) is 13.4. The van der Waals surface area contributed by atoms with Crippen molar-refractivity contribution < 1.29 is 5.11 Å². The molecule has 0 spiro atoms. The molecule has 1 N–H and O–H groups in total. The third-order valence-electron chi connectivity index (χ3n) is 11.1. The van der Waals surface area contributed by atoms with Crippen molar-refractivity contribution in [1.82, 2.24) is 0 Å². The van der Waals surface area contributed by atoms with Crippen molar-refractivity contribution in [2.24, 2.45) is 45.3 Å². The molecule has 0 aliphatic heterocycles. The van der Waals surface area contributed by atoms with Gasteiger partial charge in [-0.25, -0.2) is 0 Å². The summed E-state index contributed by atoms with van der Waals surface area (Å²) in [5.74, 6) is 2.53. The Morgan fingerprint density at radius 1 is 1.03 bits per heavy atom. The van der Waals surface area contributed by atoms with Gasteiger partial charge in [0.1, 0.15) is 0 Å². The number of nitriles is 1. The van der Waals surface area contributed by atoms with Crippen LogP contribution in [0.5, 0.6) is 0 Å². The van der Waals surface area contributed by atoms with Crippen molar-refractivity contribution in [2.75, 3.05) is 0 Å². The smallest absolute Gasteiger partial charge is 0.0881 e. The minimum Gasteiger partial charge on any atom is -0.393 e. The minimum atomic E-state index is -0.331. The molecule has 0 saturated heterocycles. The Kier molecular flexibility index (Phi) is 6.02. The second kappa shape index (κ2) is 8.01. The fourth-order valence-corrected chi connectivity index (χ4v) is 8.90. The Bertz CT molecular complexity index is 843. The Morgan fingerprint density at radius 3 is 2.41 bits per heavy atom. The van der Waals surface area contributed by atoms with Crippen LogP contribution in [0.3, 0.4) is 0 Å². The lowest BCUT2D eigenvalue weighted by atomic mass is 9.44. The molecule has 7 atom stereocenters. The highest BCUT2D eigenvalue weighted by Gasteiger charge is 2.65. The molecule has 0 aromatic heterocycles. The minimum absolute atomic E-state index is 0.0429. The molecule has 32 heavy (non-hydrogen) atoms. The van der Waals surface area contributed by atoms with Gasteiger partial charge in [0.05, 0.1) is 17.6 Å². The third-order valence-corrected chi connectivity index (χ3v) is 11.1. The summed E-state index contributed by atoms with van der Waals surface area (Å²) in [6.45, 7) is 16.5. The number of aliphatic hydroxyl groups excluding tert-OH is 1. The Hall–Kier alpha value is -1.07. The summed E-state index contributed by atoms with van der Waals surface area (Å²) in [4.78, 5) is 0. The first-order valence-corrected chi connectivity index (χ1v) is 13.4. The molecule has 0 heterocycles. The monoisotopic (exact) mass is 437 g/mol. The van der Waals surface area contributed by atoms with Crippen LogP contribution in [0.4, 0.5) is 0 Å². The second-order valence-corrected chi connectivity index (χ2v) is 13.4. The SMILES string of the molecule is CC(C)CCC[C@@H](C)[C@H]1CC[C@@]2(C#N)C3=CC[C@H]4C(C)(C)[C@@H](O)CC[C@]4(C)C3=CC[C@]12C. The summed E-state index contributed by atoms with van der Waals surface area (Å²) in [6, 6.07) is 2.96. The highest BCUT2D eigenvalue weighted by Crippen LogP contribution is 2.71. The van der Waals surface area contributed by atoms with Crippen LogP contribution in [0.1, 0.15) is 106 Å². The van der Waals surface area contributed by atoms with Crippen molar-refractivity contribution in [3.63, 3.8) is 0 Å². The van der Waals surface area contributed by atoms with E-state index in [0.29, 0.717) is 17.8 Å². The van der Waals surface area contributed by atoms with Gasteiger partial charge in [-0.3, -0.25) is 0 Å². The lowest BCUT2D eigenvalue weighted by Crippen LogP contribution is -2.54. The predicted molar refractivity (Wildman–Crippen MR) is 133 cm³/mol. The standard InChI is InChI=1S/C30H47NO/c1-20(2)9-8-10-21(3)22-14-18-30(19-31)24-11-12-25-27(4,5)26(32)15-16-28(25,6)23(24)13-17-29(22,30)7/h11,13,20-22,25-26,32H,8-10,12,14-18H2,1-7H3/t21-,22-,25+,26+,28-,29-,30-/m1/s1. The predicted octanol–water partition coefficient (Wildman–Crippen LogP) is 7.84. The highest BCUT2D eigenvalue weighted by atomic mass is 16.3. The maximum absolute atomic E-state index is 10.8. The zero-order valence-corrected chi connectivity index (χ0v) is 21.8. The maximum Gasteiger partial charge on any atom is 0.0881 e. The molecule has 4 aliphatic rings. The summed E-state index contributed by atoms with van der Waals surface area (Å²) < 4.78 is 0. The van der Waals surface area contributed by atoms with E-state index in [1.165, 1.54) is 36.8 Å². The van der Waals surface area contributed by atoms with Crippen LogP contribution in [-0.2, 0) is 0 Å². The molecule has 178 valence electrons. The van der Waals surface area contributed by atoms with Crippen molar-refractivity contribution in [3.05, 3.63) is 23.3 Å². The van der Waals surface area contributed by atoms with Gasteiger partial charge < -0.3 is 5.11 Å². The zero-order valence-electron chi connectivity index (χ0n) is 21.8. The molecule has 2 nitrogen and oxygen atoms in total. The summed E-state index contributed by atoms with van der Waals surface area (Å²) in [5, 5.41) is 21.6. The average Bonchev–Trinajstić information content (AvgIpc) is 3.04. The summed E-state index contributed by atoms with van der Waals surface area (Å²) in [7, 11) is 0. The first-order valence-electron chi connectivity index (χ1n) is 13.4. The van der Waals surface area contributed by atoms with Crippen LogP contribution < -0.4 is 0 Å². The van der Waals surface area contributed by atoms with E-state index in [-0.39, 0.29) is 27.8 Å². The molecule has 0 amide bonds. The van der Waals surface area contributed by atoms with Crippen LogP contribution in [-0.4, -0.2) is 11.2 Å². The summed E-state index contributed by atoms with van der Waals surface area (Å²) in [5.41, 5.74) is 2.57. The quantitative estimate of drug-likeness (QED) is 0.476. The van der Waals surface area contributed by atoms with Crippen LogP contribution in [0, 0.1) is 56.7 Å². The molecule has 0 unspecified atom stereocenters. The molecule has 0 aromatic rings. The summed E-state index contributed by atoms with van der Waals surface area (Å²) in [6.07, 6.45) is 14.9. The molecule has 4 aliphatic carbocycles. The Morgan fingerprint density at radius 2 is 1.75 bits per heavy atom. The normalized spacial score (nSPS) is 43.4. The van der Waals surface area contributed by atoms with Gasteiger partial charge in [-0.15, -0.1) is 0 Å². The van der Waals surface area contributed by atoms with E-state index in [1.54, 1.807) is 0 Å². The molecular weight excluding hydrogens is 390 g/mol. The van der Waals surface area contributed by atoms with Gasteiger partial charge in [-0.2, -0.15) is 5.26 Å². The molecule has 2 heteroatoms. The van der Waals surface area contributed by atoms with E-state index >= 15 is 0 Å². The van der Waals surface area contributed by atoms with E-state index < -0.39 is 0 Å². The van der Waals surface area contributed by atoms with E-state index in [2.05, 4.69) is 66.7 Å². The first-order chi connectivity index (χ1) is 14.9. The van der Waals surface area contributed by atoms with Crippen molar-refractivity contribution in [3.8, 4) is 6.07 Å². The van der Waals surface area contributed by atoms with Crippen LogP contribution in [0.2, 0.25) is 0 Å². The third kappa shape index (κ3) is 3.20.